The summed E-state index contributed by atoms with van der Waals surface area (Å²) in [6, 6.07) is 3.50. The molecule has 0 spiro atoms. The van der Waals surface area contributed by atoms with E-state index in [0.29, 0.717) is 24.6 Å². The number of nitro groups is 1. The predicted molar refractivity (Wildman–Crippen MR) is 70.8 cm³/mol. The third kappa shape index (κ3) is 2.67. The number of thioether (sulfide) groups is 1. The van der Waals surface area contributed by atoms with Gasteiger partial charge in [-0.25, -0.2) is 8.42 Å². The van der Waals surface area contributed by atoms with Crippen LogP contribution in [0.4, 0.5) is 5.69 Å². The molecule has 2 rings (SSSR count). The molecule has 1 aromatic carbocycles. The molecule has 0 bridgehead atoms. The molecule has 0 unspecified atom stereocenters. The van der Waals surface area contributed by atoms with Crippen molar-refractivity contribution >= 4 is 27.5 Å². The number of nitro benzene ring substituents is 1. The highest BCUT2D eigenvalue weighted by Gasteiger charge is 2.31. The Kier molecular flexibility index (Phi) is 3.97. The molecule has 1 saturated heterocycles. The summed E-state index contributed by atoms with van der Waals surface area (Å²) in [7, 11) is -3.88. The number of hydrogen-bond donors (Lipinski definition) is 1. The molecule has 1 heterocycles. The second-order valence-corrected chi connectivity index (χ2v) is 7.03. The number of sulfonamides is 1. The van der Waals surface area contributed by atoms with Gasteiger partial charge in [0.15, 0.2) is 0 Å². The Morgan fingerprint density at radius 1 is 1.32 bits per heavy atom. The molecule has 7 nitrogen and oxygen atoms in total. The molecule has 1 fully saturated rings. The number of phenolic OH excluding ortho intramolecular Hbond substituents is 1. The number of hydrogen-bond acceptors (Lipinski definition) is 6. The van der Waals surface area contributed by atoms with E-state index in [1.165, 1.54) is 16.4 Å². The van der Waals surface area contributed by atoms with Crippen LogP contribution >= 0.6 is 11.8 Å². The van der Waals surface area contributed by atoms with Crippen LogP contribution in [-0.2, 0) is 10.0 Å². The Bertz CT molecular complexity index is 596. The van der Waals surface area contributed by atoms with Gasteiger partial charge in [-0.05, 0) is 6.07 Å². The Balaban J connectivity index is 2.46. The van der Waals surface area contributed by atoms with Gasteiger partial charge in [0.1, 0.15) is 4.90 Å². The quantitative estimate of drug-likeness (QED) is 0.661. The number of para-hydroxylation sites is 1. The lowest BCUT2D eigenvalue weighted by atomic mass is 10.3. The summed E-state index contributed by atoms with van der Waals surface area (Å²) in [6.07, 6.45) is 0. The topological polar surface area (TPSA) is 101 Å². The fourth-order valence-corrected chi connectivity index (χ4v) is 4.47. The Labute approximate surface area is 114 Å². The van der Waals surface area contributed by atoms with Gasteiger partial charge in [0.25, 0.3) is 0 Å². The molecular formula is C10H12N2O5S2. The minimum atomic E-state index is -3.88. The lowest BCUT2D eigenvalue weighted by molar-refractivity contribution is -0.386. The first kappa shape index (κ1) is 14.1. The zero-order valence-electron chi connectivity index (χ0n) is 9.85. The van der Waals surface area contributed by atoms with Crippen LogP contribution < -0.4 is 0 Å². The molecule has 0 atom stereocenters. The van der Waals surface area contributed by atoms with E-state index in [4.69, 9.17) is 0 Å². The summed E-state index contributed by atoms with van der Waals surface area (Å²) in [5.41, 5.74) is -0.604. The van der Waals surface area contributed by atoms with Crippen molar-refractivity contribution in [2.24, 2.45) is 0 Å². The van der Waals surface area contributed by atoms with Crippen molar-refractivity contribution in [3.05, 3.63) is 28.3 Å². The van der Waals surface area contributed by atoms with Crippen molar-refractivity contribution in [2.75, 3.05) is 24.6 Å². The smallest absolute Gasteiger partial charge is 0.312 e. The van der Waals surface area contributed by atoms with Crippen LogP contribution in [0.3, 0.4) is 0 Å². The maximum absolute atomic E-state index is 12.3. The van der Waals surface area contributed by atoms with Crippen molar-refractivity contribution in [3.8, 4) is 5.75 Å². The average Bonchev–Trinajstić information content (AvgIpc) is 2.39. The van der Waals surface area contributed by atoms with Gasteiger partial charge in [0, 0.05) is 30.7 Å². The number of phenols is 1. The van der Waals surface area contributed by atoms with E-state index in [1.807, 2.05) is 0 Å². The normalized spacial score (nSPS) is 17.3. The van der Waals surface area contributed by atoms with Gasteiger partial charge in [-0.2, -0.15) is 16.1 Å². The lowest BCUT2D eigenvalue weighted by Gasteiger charge is -2.25. The van der Waals surface area contributed by atoms with E-state index in [0.717, 1.165) is 6.07 Å². The van der Waals surface area contributed by atoms with Crippen molar-refractivity contribution in [2.45, 2.75) is 4.90 Å². The summed E-state index contributed by atoms with van der Waals surface area (Å²) in [4.78, 5) is 9.50. The monoisotopic (exact) mass is 304 g/mol. The van der Waals surface area contributed by atoms with Crippen molar-refractivity contribution in [3.63, 3.8) is 0 Å². The predicted octanol–water partition coefficient (Wildman–Crippen LogP) is 1.04. The molecule has 1 aliphatic rings. The van der Waals surface area contributed by atoms with Crippen LogP contribution in [0.1, 0.15) is 0 Å². The Morgan fingerprint density at radius 3 is 2.53 bits per heavy atom. The summed E-state index contributed by atoms with van der Waals surface area (Å²) >= 11 is 1.65. The van der Waals surface area contributed by atoms with E-state index in [1.54, 1.807) is 11.8 Å². The van der Waals surface area contributed by atoms with Crippen LogP contribution in [-0.4, -0.2) is 47.3 Å². The van der Waals surface area contributed by atoms with Crippen LogP contribution in [0, 0.1) is 10.1 Å². The third-order valence-corrected chi connectivity index (χ3v) is 5.64. The Hall–Kier alpha value is -1.32. The first-order valence-corrected chi connectivity index (χ1v) is 8.08. The van der Waals surface area contributed by atoms with E-state index in [9.17, 15) is 23.6 Å². The number of aromatic hydroxyl groups is 1. The van der Waals surface area contributed by atoms with E-state index < -0.39 is 31.3 Å². The van der Waals surface area contributed by atoms with E-state index in [-0.39, 0.29) is 0 Å². The molecule has 1 aromatic rings. The van der Waals surface area contributed by atoms with Gasteiger partial charge in [0.05, 0.1) is 4.92 Å². The van der Waals surface area contributed by atoms with Crippen LogP contribution in [0.15, 0.2) is 23.1 Å². The first-order valence-electron chi connectivity index (χ1n) is 5.49. The molecule has 104 valence electrons. The molecule has 0 aromatic heterocycles. The molecule has 1 aliphatic heterocycles. The highest BCUT2D eigenvalue weighted by atomic mass is 32.2. The fourth-order valence-electron chi connectivity index (χ4n) is 1.79. The van der Waals surface area contributed by atoms with Gasteiger partial charge in [-0.3, -0.25) is 10.1 Å². The zero-order chi connectivity index (χ0) is 14.0. The lowest BCUT2D eigenvalue weighted by Crippen LogP contribution is -2.37. The molecule has 9 heteroatoms. The van der Waals surface area contributed by atoms with Crippen molar-refractivity contribution < 1.29 is 18.4 Å². The molecule has 0 radical (unpaired) electrons. The second-order valence-electron chi connectivity index (χ2n) is 3.90. The third-order valence-electron chi connectivity index (χ3n) is 2.76. The zero-order valence-corrected chi connectivity index (χ0v) is 11.5. The molecular weight excluding hydrogens is 292 g/mol. The minimum absolute atomic E-state index is 0.342. The number of rotatable bonds is 3. The maximum atomic E-state index is 12.3. The van der Waals surface area contributed by atoms with Crippen molar-refractivity contribution in [1.29, 1.82) is 0 Å². The highest BCUT2D eigenvalue weighted by molar-refractivity contribution is 7.99. The fraction of sp³-hybridized carbons (Fsp3) is 0.400. The van der Waals surface area contributed by atoms with Crippen LogP contribution in [0.25, 0.3) is 0 Å². The minimum Gasteiger partial charge on any atom is -0.501 e. The largest absolute Gasteiger partial charge is 0.501 e. The molecule has 19 heavy (non-hydrogen) atoms. The van der Waals surface area contributed by atoms with Crippen LogP contribution in [0.2, 0.25) is 0 Å². The van der Waals surface area contributed by atoms with Gasteiger partial charge < -0.3 is 5.11 Å². The summed E-state index contributed by atoms with van der Waals surface area (Å²) in [6.45, 7) is 0.685. The van der Waals surface area contributed by atoms with Gasteiger partial charge in [0.2, 0.25) is 15.8 Å². The molecule has 1 N–H and O–H groups in total. The van der Waals surface area contributed by atoms with Gasteiger partial charge >= 0.3 is 5.69 Å². The van der Waals surface area contributed by atoms with Gasteiger partial charge in [-0.1, -0.05) is 6.07 Å². The van der Waals surface area contributed by atoms with Gasteiger partial charge in [-0.15, -0.1) is 0 Å². The van der Waals surface area contributed by atoms with Crippen LogP contribution in [0.5, 0.6) is 5.75 Å². The number of nitrogens with zero attached hydrogens (tertiary/aromatic N) is 2. The molecule has 0 amide bonds. The second kappa shape index (κ2) is 5.35. The summed E-state index contributed by atoms with van der Waals surface area (Å²) < 4.78 is 25.9. The average molecular weight is 304 g/mol. The summed E-state index contributed by atoms with van der Waals surface area (Å²) in [5, 5.41) is 20.5. The Morgan fingerprint density at radius 2 is 1.95 bits per heavy atom. The molecule has 0 aliphatic carbocycles. The standard InChI is InChI=1S/C10H12N2O5S2/c13-10-8(12(14)15)2-1-3-9(10)19(16,17)11-4-6-18-7-5-11/h1-3,13H,4-7H2. The SMILES string of the molecule is O=[N+]([O-])c1cccc(S(=O)(=O)N2CCSCC2)c1O. The highest BCUT2D eigenvalue weighted by Crippen LogP contribution is 2.34. The summed E-state index contributed by atoms with van der Waals surface area (Å²) in [5.74, 6) is 0.551. The van der Waals surface area contributed by atoms with Crippen molar-refractivity contribution in [1.82, 2.24) is 4.31 Å². The first-order chi connectivity index (χ1) is 8.94. The molecule has 0 saturated carbocycles. The number of benzene rings is 1. The van der Waals surface area contributed by atoms with E-state index in [2.05, 4.69) is 0 Å². The van der Waals surface area contributed by atoms with E-state index >= 15 is 0 Å². The maximum Gasteiger partial charge on any atom is 0.312 e.